The van der Waals surface area contributed by atoms with Crippen molar-refractivity contribution in [1.82, 2.24) is 5.32 Å². The molecule has 0 bridgehead atoms. The second-order valence-electron chi connectivity index (χ2n) is 27.4. The molecule has 11 heteroatoms. The molecule has 530 valence electrons. The second-order valence-corrected chi connectivity index (χ2v) is 27.4. The lowest BCUT2D eigenvalue weighted by Gasteiger charge is -2.40. The van der Waals surface area contributed by atoms with Crippen molar-refractivity contribution in [2.24, 2.45) is 0 Å². The van der Waals surface area contributed by atoms with Gasteiger partial charge in [-0.25, -0.2) is 0 Å². The maximum Gasteiger partial charge on any atom is 0.305 e. The van der Waals surface area contributed by atoms with Crippen molar-refractivity contribution in [2.75, 3.05) is 19.8 Å². The van der Waals surface area contributed by atoms with E-state index in [1.54, 1.807) is 6.08 Å². The third-order valence-corrected chi connectivity index (χ3v) is 18.7. The third kappa shape index (κ3) is 56.2. The summed E-state index contributed by atoms with van der Waals surface area (Å²) in [5.41, 5.74) is 0. The summed E-state index contributed by atoms with van der Waals surface area (Å²) in [5, 5.41) is 54.4. The van der Waals surface area contributed by atoms with Crippen molar-refractivity contribution in [2.45, 2.75) is 436 Å². The Balaban J connectivity index is 1.88. The van der Waals surface area contributed by atoms with Crippen molar-refractivity contribution in [3.8, 4) is 0 Å². The highest BCUT2D eigenvalue weighted by molar-refractivity contribution is 5.76. The zero-order valence-corrected chi connectivity index (χ0v) is 59.1. The van der Waals surface area contributed by atoms with Gasteiger partial charge in [0.15, 0.2) is 6.29 Å². The maximum absolute atomic E-state index is 13.0. The Morgan fingerprint density at radius 3 is 1.12 bits per heavy atom. The smallest absolute Gasteiger partial charge is 0.305 e. The van der Waals surface area contributed by atoms with Crippen LogP contribution in [0, 0.1) is 0 Å². The summed E-state index contributed by atoms with van der Waals surface area (Å²) < 4.78 is 16.8. The summed E-state index contributed by atoms with van der Waals surface area (Å²) in [6.45, 7) is 4.37. The quantitative estimate of drug-likeness (QED) is 0.0195. The molecule has 0 aliphatic carbocycles. The second kappa shape index (κ2) is 68.3. The molecule has 7 atom stereocenters. The molecule has 0 radical (unpaired) electrons. The molecular weight excluding hydrogens is 1120 g/mol. The number of hydrogen-bond donors (Lipinski definition) is 6. The van der Waals surface area contributed by atoms with Crippen LogP contribution in [-0.4, -0.2) is 100 Å². The van der Waals surface area contributed by atoms with Gasteiger partial charge in [0.25, 0.3) is 0 Å². The van der Waals surface area contributed by atoms with Crippen LogP contribution in [0.5, 0.6) is 0 Å². The molecule has 7 unspecified atom stereocenters. The van der Waals surface area contributed by atoms with Crippen molar-refractivity contribution < 1.29 is 49.3 Å². The van der Waals surface area contributed by atoms with E-state index in [9.17, 15) is 35.1 Å². The molecule has 1 amide bonds. The van der Waals surface area contributed by atoms with E-state index in [0.29, 0.717) is 19.4 Å². The summed E-state index contributed by atoms with van der Waals surface area (Å²) >= 11 is 0. The number of ether oxygens (including phenoxy) is 3. The molecule has 0 spiro atoms. The Morgan fingerprint density at radius 2 is 0.744 bits per heavy atom. The molecule has 6 N–H and O–H groups in total. The van der Waals surface area contributed by atoms with Crippen molar-refractivity contribution in [3.63, 3.8) is 0 Å². The lowest BCUT2D eigenvalue weighted by atomic mass is 9.99. The first kappa shape index (κ1) is 85.9. The number of unbranched alkanes of at least 4 members (excludes halogenated alkanes) is 52. The van der Waals surface area contributed by atoms with Crippen LogP contribution in [0.3, 0.4) is 0 Å². The first-order valence-corrected chi connectivity index (χ1v) is 39.3. The predicted octanol–water partition coefficient (Wildman–Crippen LogP) is 20.9. The molecule has 0 aromatic rings. The number of aliphatic hydroxyl groups excluding tert-OH is 5. The van der Waals surface area contributed by atoms with Gasteiger partial charge in [0.1, 0.15) is 24.4 Å². The van der Waals surface area contributed by atoms with Crippen LogP contribution in [0.1, 0.15) is 393 Å². The number of nitrogens with one attached hydrogen (secondary N) is 1. The topological polar surface area (TPSA) is 175 Å². The fourth-order valence-electron chi connectivity index (χ4n) is 12.6. The number of carbonyl (C=O) groups is 2. The monoisotopic (exact) mass is 1270 g/mol. The van der Waals surface area contributed by atoms with Crippen molar-refractivity contribution in [1.29, 1.82) is 0 Å². The van der Waals surface area contributed by atoms with Crippen molar-refractivity contribution in [3.05, 3.63) is 36.5 Å². The fraction of sp³-hybridized carbons (Fsp3) is 0.899. The molecule has 1 rings (SSSR count). The third-order valence-electron chi connectivity index (χ3n) is 18.7. The van der Waals surface area contributed by atoms with E-state index in [-0.39, 0.29) is 18.5 Å². The van der Waals surface area contributed by atoms with Crippen LogP contribution in [-0.2, 0) is 23.8 Å². The lowest BCUT2D eigenvalue weighted by Crippen LogP contribution is -2.60. The zero-order chi connectivity index (χ0) is 65.1. The summed E-state index contributed by atoms with van der Waals surface area (Å²) in [4.78, 5) is 25.2. The van der Waals surface area contributed by atoms with Crippen LogP contribution in [0.15, 0.2) is 36.5 Å². The van der Waals surface area contributed by atoms with Crippen LogP contribution in [0.25, 0.3) is 0 Å². The van der Waals surface area contributed by atoms with Gasteiger partial charge in [-0.05, 0) is 64.2 Å². The number of amides is 1. The summed E-state index contributed by atoms with van der Waals surface area (Å²) in [7, 11) is 0. The van der Waals surface area contributed by atoms with E-state index in [4.69, 9.17) is 14.2 Å². The number of aliphatic hydroxyl groups is 5. The molecule has 1 aliphatic rings. The summed E-state index contributed by atoms with van der Waals surface area (Å²) in [5.74, 6) is -0.164. The Kier molecular flexibility index (Phi) is 65.2. The highest BCUT2D eigenvalue weighted by atomic mass is 16.7. The van der Waals surface area contributed by atoms with Gasteiger partial charge in [-0.2, -0.15) is 0 Å². The minimum atomic E-state index is -1.57. The minimum absolute atomic E-state index is 0.0147. The Morgan fingerprint density at radius 1 is 0.411 bits per heavy atom. The Bertz CT molecular complexity index is 1590. The average molecular weight is 1270 g/mol. The largest absolute Gasteiger partial charge is 0.466 e. The van der Waals surface area contributed by atoms with Gasteiger partial charge < -0.3 is 45.1 Å². The molecule has 1 fully saturated rings. The van der Waals surface area contributed by atoms with Crippen molar-refractivity contribution >= 4 is 11.9 Å². The molecule has 1 saturated heterocycles. The van der Waals surface area contributed by atoms with E-state index in [0.717, 1.165) is 57.8 Å². The van der Waals surface area contributed by atoms with E-state index in [1.165, 1.54) is 308 Å². The zero-order valence-electron chi connectivity index (χ0n) is 59.1. The van der Waals surface area contributed by atoms with E-state index in [1.807, 2.05) is 6.08 Å². The molecule has 0 aromatic heterocycles. The van der Waals surface area contributed by atoms with Gasteiger partial charge in [0, 0.05) is 12.8 Å². The van der Waals surface area contributed by atoms with Crippen LogP contribution in [0.4, 0.5) is 0 Å². The van der Waals surface area contributed by atoms with Gasteiger partial charge in [-0.3, -0.25) is 9.59 Å². The predicted molar refractivity (Wildman–Crippen MR) is 380 cm³/mol. The summed E-state index contributed by atoms with van der Waals surface area (Å²) in [6, 6.07) is -0.807. The molecule has 90 heavy (non-hydrogen) atoms. The highest BCUT2D eigenvalue weighted by Crippen LogP contribution is 2.24. The van der Waals surface area contributed by atoms with Gasteiger partial charge in [-0.15, -0.1) is 0 Å². The van der Waals surface area contributed by atoms with Crippen LogP contribution >= 0.6 is 0 Å². The average Bonchev–Trinajstić information content (AvgIpc) is 1.78. The van der Waals surface area contributed by atoms with Gasteiger partial charge in [-0.1, -0.05) is 352 Å². The highest BCUT2D eigenvalue weighted by Gasteiger charge is 2.44. The maximum atomic E-state index is 13.0. The molecular formula is C79H149NO10. The van der Waals surface area contributed by atoms with Crippen LogP contribution < -0.4 is 5.32 Å². The Hall–Kier alpha value is -2.12. The van der Waals surface area contributed by atoms with E-state index >= 15 is 0 Å². The molecule has 0 aromatic carbocycles. The molecule has 0 saturated carbocycles. The lowest BCUT2D eigenvalue weighted by molar-refractivity contribution is -0.302. The fourth-order valence-corrected chi connectivity index (χ4v) is 12.6. The SMILES string of the molecule is CCCCCCCCCC/C=C/C(O)C(COC1OC(CO)C(O)C(O)C1O)NC(=O)CCCCCCCCCCCCCCCCCCC/C=C\C/C=C\CCCCCCCCCCCCCOC(=O)CCCCCCCCCCCCCCCCCCC. The molecule has 1 aliphatic heterocycles. The number of hydrogen-bond acceptors (Lipinski definition) is 10. The normalized spacial score (nSPS) is 17.8. The van der Waals surface area contributed by atoms with Crippen LogP contribution in [0.2, 0.25) is 0 Å². The van der Waals surface area contributed by atoms with E-state index < -0.39 is 49.5 Å². The van der Waals surface area contributed by atoms with Gasteiger partial charge >= 0.3 is 5.97 Å². The standard InChI is InChI=1S/C79H149NO10/c1-3-5-7-9-11-13-15-16-17-37-41-44-47-51-55-59-63-67-75(84)88-68-64-60-56-52-48-45-42-39-36-34-32-30-28-26-24-22-20-18-19-21-23-25-27-29-31-33-35-38-40-43-46-50-54-58-62-66-74(83)80-71(70-89-79-78(87)77(86)76(85)73(69-81)90-79)72(82)65-61-57-53-49-14-12-10-8-6-4-2/h20,22,26,28,61,65,71-73,76-79,81-82,85-87H,3-19,21,23-25,27,29-60,62-64,66-70H2,1-2H3,(H,80,83)/b22-20-,28-26-,65-61+. The molecule has 11 nitrogen and oxygen atoms in total. The van der Waals surface area contributed by atoms with Gasteiger partial charge in [0.2, 0.25) is 5.91 Å². The summed E-state index contributed by atoms with van der Waals surface area (Å²) in [6.07, 6.45) is 79.0. The first-order valence-electron chi connectivity index (χ1n) is 39.3. The number of rotatable bonds is 70. The Labute approximate surface area is 555 Å². The minimum Gasteiger partial charge on any atom is -0.466 e. The first-order chi connectivity index (χ1) is 44.2. The molecule has 1 heterocycles. The van der Waals surface area contributed by atoms with Gasteiger partial charge in [0.05, 0.1) is 32.0 Å². The van der Waals surface area contributed by atoms with E-state index in [2.05, 4.69) is 43.5 Å². The number of allylic oxidation sites excluding steroid dienone is 5. The number of esters is 1. The number of carbonyl (C=O) groups excluding carboxylic acids is 2.